The first-order chi connectivity index (χ1) is 7.67. The molecule has 0 atom stereocenters. The highest BCUT2D eigenvalue weighted by atomic mass is 15.2. The molecular formula is C11H17N5. The number of nitrogens with zero attached hydrogens (tertiary/aromatic N) is 3. The average Bonchev–Trinajstić information content (AvgIpc) is 2.81. The summed E-state index contributed by atoms with van der Waals surface area (Å²) >= 11 is 0. The molecule has 1 heterocycles. The number of allylic oxidation sites excluding steroid dienone is 1. The fraction of sp³-hybridized carbons (Fsp3) is 0.273. The fourth-order valence-corrected chi connectivity index (χ4v) is 1.07. The number of nitrogens with one attached hydrogen (secondary N) is 1. The first kappa shape index (κ1) is 12.0. The van der Waals surface area contributed by atoms with Crippen LogP contribution in [0.15, 0.2) is 42.1 Å². The fourth-order valence-electron chi connectivity index (χ4n) is 1.07. The summed E-state index contributed by atoms with van der Waals surface area (Å²) in [6, 6.07) is 0. The summed E-state index contributed by atoms with van der Waals surface area (Å²) in [5, 5.41) is 3.06. The van der Waals surface area contributed by atoms with Gasteiger partial charge in [0.05, 0.1) is 0 Å². The highest BCUT2D eigenvalue weighted by Crippen LogP contribution is 1.98. The van der Waals surface area contributed by atoms with E-state index in [0.29, 0.717) is 11.7 Å². The Morgan fingerprint density at radius 1 is 1.69 bits per heavy atom. The van der Waals surface area contributed by atoms with Gasteiger partial charge in [-0.2, -0.15) is 0 Å². The number of aromatic nitrogens is 2. The van der Waals surface area contributed by atoms with Crippen molar-refractivity contribution < 1.29 is 0 Å². The van der Waals surface area contributed by atoms with Crippen LogP contribution in [-0.2, 0) is 0 Å². The van der Waals surface area contributed by atoms with Gasteiger partial charge in [0.15, 0.2) is 0 Å². The van der Waals surface area contributed by atoms with Crippen molar-refractivity contribution in [3.63, 3.8) is 0 Å². The summed E-state index contributed by atoms with van der Waals surface area (Å²) < 4.78 is 1.77. The lowest BCUT2D eigenvalue weighted by atomic mass is 10.3. The Hall–Kier alpha value is -2.04. The van der Waals surface area contributed by atoms with Crippen LogP contribution in [0.25, 0.3) is 5.82 Å². The zero-order chi connectivity index (χ0) is 12.0. The molecule has 3 N–H and O–H groups in total. The molecule has 0 aliphatic heterocycles. The average molecular weight is 219 g/mol. The van der Waals surface area contributed by atoms with Crippen molar-refractivity contribution in [2.24, 2.45) is 10.7 Å². The minimum Gasteiger partial charge on any atom is -0.402 e. The maximum Gasteiger partial charge on any atom is 0.127 e. The van der Waals surface area contributed by atoms with E-state index in [-0.39, 0.29) is 0 Å². The molecule has 0 unspecified atom stereocenters. The molecule has 5 nitrogen and oxygen atoms in total. The lowest BCUT2D eigenvalue weighted by Gasteiger charge is -2.10. The van der Waals surface area contributed by atoms with Crippen molar-refractivity contribution in [2.75, 3.05) is 7.05 Å². The maximum absolute atomic E-state index is 5.74. The van der Waals surface area contributed by atoms with E-state index in [9.17, 15) is 0 Å². The van der Waals surface area contributed by atoms with Gasteiger partial charge in [0.25, 0.3) is 0 Å². The monoisotopic (exact) mass is 219 g/mol. The largest absolute Gasteiger partial charge is 0.402 e. The molecule has 16 heavy (non-hydrogen) atoms. The Balaban J connectivity index is 2.69. The molecule has 0 radical (unpaired) electrons. The van der Waals surface area contributed by atoms with Crippen LogP contribution in [0.1, 0.15) is 13.3 Å². The van der Waals surface area contributed by atoms with Crippen molar-refractivity contribution in [3.05, 3.63) is 37.1 Å². The van der Waals surface area contributed by atoms with Crippen LogP contribution < -0.4 is 11.1 Å². The van der Waals surface area contributed by atoms with Gasteiger partial charge in [-0.25, -0.2) is 4.98 Å². The second-order valence-electron chi connectivity index (χ2n) is 3.22. The number of hydrogen-bond donors (Lipinski definition) is 2. The van der Waals surface area contributed by atoms with Crippen LogP contribution in [0, 0.1) is 0 Å². The van der Waals surface area contributed by atoms with Crippen molar-refractivity contribution in [1.82, 2.24) is 14.9 Å². The number of imidazole rings is 1. The van der Waals surface area contributed by atoms with Crippen LogP contribution in [-0.4, -0.2) is 22.4 Å². The van der Waals surface area contributed by atoms with E-state index < -0.39 is 0 Å². The lowest BCUT2D eigenvalue weighted by molar-refractivity contribution is 1.01. The van der Waals surface area contributed by atoms with Gasteiger partial charge in [-0.1, -0.05) is 13.5 Å². The first-order valence-electron chi connectivity index (χ1n) is 5.04. The Morgan fingerprint density at radius 2 is 2.44 bits per heavy atom. The Morgan fingerprint density at radius 3 is 2.94 bits per heavy atom. The number of rotatable bonds is 4. The van der Waals surface area contributed by atoms with Crippen LogP contribution in [0.5, 0.6) is 0 Å². The summed E-state index contributed by atoms with van der Waals surface area (Å²) in [7, 11) is 1.70. The van der Waals surface area contributed by atoms with Gasteiger partial charge >= 0.3 is 0 Å². The Kier molecular flexibility index (Phi) is 4.32. The summed E-state index contributed by atoms with van der Waals surface area (Å²) in [4.78, 5) is 8.02. The third-order valence-corrected chi connectivity index (χ3v) is 2.06. The second-order valence-corrected chi connectivity index (χ2v) is 3.22. The van der Waals surface area contributed by atoms with Crippen LogP contribution >= 0.6 is 0 Å². The molecule has 1 aromatic heterocycles. The molecular weight excluding hydrogens is 202 g/mol. The van der Waals surface area contributed by atoms with Crippen molar-refractivity contribution in [2.45, 2.75) is 13.3 Å². The predicted octanol–water partition coefficient (Wildman–Crippen LogP) is 1.18. The Bertz CT molecular complexity index is 400. The van der Waals surface area contributed by atoms with Gasteiger partial charge in [0.2, 0.25) is 0 Å². The molecule has 1 aromatic rings. The van der Waals surface area contributed by atoms with E-state index in [4.69, 9.17) is 5.73 Å². The van der Waals surface area contributed by atoms with Crippen molar-refractivity contribution >= 4 is 11.7 Å². The van der Waals surface area contributed by atoms with Crippen molar-refractivity contribution in [3.8, 4) is 0 Å². The summed E-state index contributed by atoms with van der Waals surface area (Å²) in [6.07, 6.45) is 7.73. The minimum atomic E-state index is 0.679. The minimum absolute atomic E-state index is 0.679. The third-order valence-electron chi connectivity index (χ3n) is 2.06. The van der Waals surface area contributed by atoms with E-state index in [2.05, 4.69) is 21.9 Å². The topological polar surface area (TPSA) is 68.2 Å². The molecule has 0 saturated heterocycles. The maximum atomic E-state index is 5.74. The summed E-state index contributed by atoms with van der Waals surface area (Å²) in [5.41, 5.74) is 6.51. The third kappa shape index (κ3) is 3.27. The number of hydrogen-bond acceptors (Lipinski definition) is 3. The van der Waals surface area contributed by atoms with Crippen LogP contribution in [0.4, 0.5) is 0 Å². The summed E-state index contributed by atoms with van der Waals surface area (Å²) in [6.45, 7) is 5.87. The molecule has 5 heteroatoms. The zero-order valence-electron chi connectivity index (χ0n) is 9.64. The number of aliphatic imine (C=N–C) groups is 1. The van der Waals surface area contributed by atoms with E-state index in [1.54, 1.807) is 36.4 Å². The molecule has 0 aliphatic rings. The molecule has 0 spiro atoms. The van der Waals surface area contributed by atoms with Gasteiger partial charge in [-0.05, 0) is 12.5 Å². The van der Waals surface area contributed by atoms with E-state index in [0.717, 1.165) is 12.1 Å². The van der Waals surface area contributed by atoms with Gasteiger partial charge in [0, 0.05) is 25.1 Å². The standard InChI is InChI=1S/C11H17N5/c1-4-10(12)7-11(13-3)15-9(2)16-6-5-14-8-16/h5-8H,2,4,12H2,1,3H3,(H,13,15). The highest BCUT2D eigenvalue weighted by molar-refractivity contribution is 5.97. The number of amidine groups is 1. The molecule has 0 amide bonds. The SMILES string of the molecule is C=C(NC(C=C(N)CC)=NC)n1ccnc1. The van der Waals surface area contributed by atoms with Crippen LogP contribution in [0.3, 0.4) is 0 Å². The van der Waals surface area contributed by atoms with Gasteiger partial charge < -0.3 is 11.1 Å². The highest BCUT2D eigenvalue weighted by Gasteiger charge is 1.99. The molecule has 0 bridgehead atoms. The van der Waals surface area contributed by atoms with Gasteiger partial charge in [-0.3, -0.25) is 9.56 Å². The van der Waals surface area contributed by atoms with E-state index in [1.807, 2.05) is 6.92 Å². The number of nitrogens with two attached hydrogens (primary N) is 1. The van der Waals surface area contributed by atoms with E-state index in [1.165, 1.54) is 0 Å². The molecule has 1 rings (SSSR count). The lowest BCUT2D eigenvalue weighted by Crippen LogP contribution is -2.23. The molecule has 0 aromatic carbocycles. The smallest absolute Gasteiger partial charge is 0.127 e. The molecule has 0 fully saturated rings. The Labute approximate surface area is 95.4 Å². The van der Waals surface area contributed by atoms with E-state index >= 15 is 0 Å². The zero-order valence-corrected chi connectivity index (χ0v) is 9.64. The van der Waals surface area contributed by atoms with Gasteiger partial charge in [-0.15, -0.1) is 0 Å². The van der Waals surface area contributed by atoms with Crippen molar-refractivity contribution in [1.29, 1.82) is 0 Å². The van der Waals surface area contributed by atoms with Gasteiger partial charge in [0.1, 0.15) is 18.0 Å². The normalized spacial score (nSPS) is 12.6. The molecule has 0 saturated carbocycles. The quantitative estimate of drug-likeness (QED) is 0.590. The molecule has 86 valence electrons. The molecule has 0 aliphatic carbocycles. The van der Waals surface area contributed by atoms with Crippen LogP contribution in [0.2, 0.25) is 0 Å². The first-order valence-corrected chi connectivity index (χ1v) is 5.04. The predicted molar refractivity (Wildman–Crippen MR) is 66.6 cm³/mol. The summed E-state index contributed by atoms with van der Waals surface area (Å²) in [5.74, 6) is 1.36. The second kappa shape index (κ2) is 5.75.